The highest BCUT2D eigenvalue weighted by molar-refractivity contribution is 5.96. The van der Waals surface area contributed by atoms with Gasteiger partial charge in [0.1, 0.15) is 0 Å². The minimum atomic E-state index is -0.296. The molecular weight excluding hydrogens is 208 g/mol. The van der Waals surface area contributed by atoms with Crippen molar-refractivity contribution < 1.29 is 4.79 Å². The topological polar surface area (TPSA) is 17.1 Å². The third-order valence-electron chi connectivity index (χ3n) is 3.02. The van der Waals surface area contributed by atoms with E-state index in [2.05, 4.69) is 24.3 Å². The predicted octanol–water partition coefficient (Wildman–Crippen LogP) is 3.80. The Morgan fingerprint density at radius 2 is 1.94 bits per heavy atom. The molecule has 1 aliphatic rings. The number of fused-ring (bicyclic) bond motifs is 1. The van der Waals surface area contributed by atoms with Crippen molar-refractivity contribution in [1.29, 1.82) is 0 Å². The molecule has 0 aliphatic heterocycles. The van der Waals surface area contributed by atoms with Crippen LogP contribution in [-0.2, 0) is 11.2 Å². The normalized spacial score (nSPS) is 14.9. The van der Waals surface area contributed by atoms with E-state index >= 15 is 0 Å². The first kappa shape index (κ1) is 11.8. The van der Waals surface area contributed by atoms with Gasteiger partial charge in [-0.25, -0.2) is 0 Å². The van der Waals surface area contributed by atoms with Crippen LogP contribution >= 0.6 is 0 Å². The van der Waals surface area contributed by atoms with E-state index in [1.807, 2.05) is 32.9 Å². The number of hydrogen-bond donors (Lipinski definition) is 0. The van der Waals surface area contributed by atoms with Crippen LogP contribution in [0, 0.1) is 5.41 Å². The maximum Gasteiger partial charge on any atom is 0.161 e. The van der Waals surface area contributed by atoms with Crippen LogP contribution in [0.5, 0.6) is 0 Å². The lowest BCUT2D eigenvalue weighted by Crippen LogP contribution is -2.17. The first-order valence-electron chi connectivity index (χ1n) is 5.99. The molecule has 1 aromatic carbocycles. The zero-order chi connectivity index (χ0) is 12.5. The summed E-state index contributed by atoms with van der Waals surface area (Å²) in [4.78, 5) is 11.8. The number of rotatable bonds is 2. The van der Waals surface area contributed by atoms with Crippen LogP contribution in [0.1, 0.15) is 31.9 Å². The van der Waals surface area contributed by atoms with Gasteiger partial charge in [0.15, 0.2) is 5.78 Å². The molecule has 88 valence electrons. The third kappa shape index (κ3) is 2.55. The minimum Gasteiger partial charge on any atom is -0.294 e. The quantitative estimate of drug-likeness (QED) is 0.701. The van der Waals surface area contributed by atoms with Crippen molar-refractivity contribution in [3.63, 3.8) is 0 Å². The largest absolute Gasteiger partial charge is 0.294 e. The first-order valence-corrected chi connectivity index (χ1v) is 5.99. The van der Waals surface area contributed by atoms with E-state index in [1.165, 1.54) is 16.7 Å². The van der Waals surface area contributed by atoms with Crippen LogP contribution in [-0.4, -0.2) is 5.78 Å². The fourth-order valence-electron chi connectivity index (χ4n) is 1.88. The van der Waals surface area contributed by atoms with Gasteiger partial charge in [-0.15, -0.1) is 0 Å². The summed E-state index contributed by atoms with van der Waals surface area (Å²) < 4.78 is 0. The van der Waals surface area contributed by atoms with Gasteiger partial charge in [0, 0.05) is 5.41 Å². The molecule has 0 saturated heterocycles. The Hall–Kier alpha value is -1.63. The van der Waals surface area contributed by atoms with Crippen molar-refractivity contribution in [2.45, 2.75) is 27.2 Å². The van der Waals surface area contributed by atoms with Crippen molar-refractivity contribution in [1.82, 2.24) is 0 Å². The lowest BCUT2D eigenvalue weighted by molar-refractivity contribution is -0.121. The van der Waals surface area contributed by atoms with E-state index in [0.29, 0.717) is 0 Å². The summed E-state index contributed by atoms with van der Waals surface area (Å²) in [5.74, 6) is 0.169. The highest BCUT2D eigenvalue weighted by atomic mass is 16.1. The monoisotopic (exact) mass is 226 g/mol. The lowest BCUT2D eigenvalue weighted by atomic mass is 9.90. The van der Waals surface area contributed by atoms with Crippen molar-refractivity contribution in [3.05, 3.63) is 53.6 Å². The van der Waals surface area contributed by atoms with E-state index < -0.39 is 0 Å². The standard InChI is InChI=1S/C16H18O/c1-16(2,3)15(17)11-10-13-9-8-12-6-4-5-7-14(12)13/h4-7,9-11H,8H2,1-3H3/b11-10+. The number of carbonyl (C=O) groups is 1. The summed E-state index contributed by atoms with van der Waals surface area (Å²) in [5.41, 5.74) is 3.47. The molecule has 1 aromatic rings. The zero-order valence-corrected chi connectivity index (χ0v) is 10.7. The van der Waals surface area contributed by atoms with E-state index in [4.69, 9.17) is 0 Å². The van der Waals surface area contributed by atoms with Crippen LogP contribution in [0.4, 0.5) is 0 Å². The van der Waals surface area contributed by atoms with E-state index in [-0.39, 0.29) is 11.2 Å². The number of hydrogen-bond acceptors (Lipinski definition) is 1. The van der Waals surface area contributed by atoms with Gasteiger partial charge < -0.3 is 0 Å². The van der Waals surface area contributed by atoms with Crippen LogP contribution in [0.25, 0.3) is 5.57 Å². The number of ketones is 1. The molecule has 1 aliphatic carbocycles. The maximum atomic E-state index is 11.8. The van der Waals surface area contributed by atoms with Gasteiger partial charge in [0.25, 0.3) is 0 Å². The highest BCUT2D eigenvalue weighted by Crippen LogP contribution is 2.28. The molecule has 0 amide bonds. The number of carbonyl (C=O) groups excluding carboxylic acids is 1. The number of allylic oxidation sites excluding steroid dienone is 4. The molecule has 17 heavy (non-hydrogen) atoms. The fourth-order valence-corrected chi connectivity index (χ4v) is 1.88. The van der Waals surface area contributed by atoms with Gasteiger partial charge in [0.05, 0.1) is 0 Å². The minimum absolute atomic E-state index is 0.169. The Morgan fingerprint density at radius 3 is 2.65 bits per heavy atom. The second-order valence-corrected chi connectivity index (χ2v) is 5.47. The second-order valence-electron chi connectivity index (χ2n) is 5.47. The molecule has 0 heterocycles. The van der Waals surface area contributed by atoms with Crippen LogP contribution in [0.3, 0.4) is 0 Å². The van der Waals surface area contributed by atoms with Gasteiger partial charge in [-0.05, 0) is 29.2 Å². The van der Waals surface area contributed by atoms with Crippen molar-refractivity contribution >= 4 is 11.4 Å². The molecule has 0 bridgehead atoms. The molecule has 2 rings (SSSR count). The summed E-state index contributed by atoms with van der Waals surface area (Å²) in [6.45, 7) is 5.82. The highest BCUT2D eigenvalue weighted by Gasteiger charge is 2.18. The summed E-state index contributed by atoms with van der Waals surface area (Å²) in [6.07, 6.45) is 6.80. The predicted molar refractivity (Wildman–Crippen MR) is 71.7 cm³/mol. The van der Waals surface area contributed by atoms with Crippen LogP contribution < -0.4 is 0 Å². The van der Waals surface area contributed by atoms with Gasteiger partial charge in [-0.3, -0.25) is 4.79 Å². The van der Waals surface area contributed by atoms with Crippen molar-refractivity contribution in [2.75, 3.05) is 0 Å². The van der Waals surface area contributed by atoms with Crippen molar-refractivity contribution in [3.8, 4) is 0 Å². The maximum absolute atomic E-state index is 11.8. The van der Waals surface area contributed by atoms with Gasteiger partial charge in [-0.2, -0.15) is 0 Å². The summed E-state index contributed by atoms with van der Waals surface area (Å²) in [7, 11) is 0. The summed E-state index contributed by atoms with van der Waals surface area (Å²) in [5, 5.41) is 0. The first-order chi connectivity index (χ1) is 7.98. The Morgan fingerprint density at radius 1 is 1.24 bits per heavy atom. The van der Waals surface area contributed by atoms with Gasteiger partial charge in [0.2, 0.25) is 0 Å². The molecule has 0 spiro atoms. The van der Waals surface area contributed by atoms with E-state index in [9.17, 15) is 4.79 Å². The van der Waals surface area contributed by atoms with Crippen molar-refractivity contribution in [2.24, 2.45) is 5.41 Å². The molecule has 1 heteroatoms. The Kier molecular flexibility index (Phi) is 3.01. The molecule has 1 nitrogen and oxygen atoms in total. The zero-order valence-electron chi connectivity index (χ0n) is 10.7. The van der Waals surface area contributed by atoms with Gasteiger partial charge >= 0.3 is 0 Å². The lowest BCUT2D eigenvalue weighted by Gasteiger charge is -2.13. The van der Waals surface area contributed by atoms with E-state index in [0.717, 1.165) is 6.42 Å². The second kappa shape index (κ2) is 4.33. The number of benzene rings is 1. The molecule has 0 radical (unpaired) electrons. The Bertz CT molecular complexity index is 499. The SMILES string of the molecule is CC(C)(C)C(=O)/C=C/C1=CCc2ccccc21. The molecular formula is C16H18O. The average molecular weight is 226 g/mol. The van der Waals surface area contributed by atoms with Gasteiger partial charge in [-0.1, -0.05) is 57.2 Å². The van der Waals surface area contributed by atoms with Crippen LogP contribution in [0.2, 0.25) is 0 Å². The molecule has 0 unspecified atom stereocenters. The Balaban J connectivity index is 2.18. The molecule has 0 aromatic heterocycles. The third-order valence-corrected chi connectivity index (χ3v) is 3.02. The fraction of sp³-hybridized carbons (Fsp3) is 0.312. The summed E-state index contributed by atoms with van der Waals surface area (Å²) in [6, 6.07) is 8.34. The molecule has 0 N–H and O–H groups in total. The average Bonchev–Trinajstić information content (AvgIpc) is 2.68. The Labute approximate surface area is 103 Å². The molecule has 0 fully saturated rings. The smallest absolute Gasteiger partial charge is 0.161 e. The summed E-state index contributed by atoms with van der Waals surface area (Å²) >= 11 is 0. The van der Waals surface area contributed by atoms with E-state index in [1.54, 1.807) is 6.08 Å². The molecule has 0 atom stereocenters. The molecule has 0 saturated carbocycles. The van der Waals surface area contributed by atoms with Crippen LogP contribution in [0.15, 0.2) is 42.5 Å².